The first kappa shape index (κ1) is 15.5. The molecule has 0 aliphatic rings. The van der Waals surface area contributed by atoms with E-state index in [9.17, 15) is 0 Å². The van der Waals surface area contributed by atoms with Crippen molar-refractivity contribution in [3.05, 3.63) is 0 Å². The van der Waals surface area contributed by atoms with Crippen LogP contribution in [0.5, 0.6) is 0 Å². The topological polar surface area (TPSA) is 21.7 Å². The quantitative estimate of drug-likeness (QED) is 0.587. The van der Waals surface area contributed by atoms with Gasteiger partial charge in [0.2, 0.25) is 0 Å². The van der Waals surface area contributed by atoms with Crippen molar-refractivity contribution in [3.8, 4) is 0 Å². The SMILES string of the molecule is CCCN(CCC)P(=S)(OCC)OCC. The zero-order valence-corrected chi connectivity index (χ0v) is 12.1. The smallest absolute Gasteiger partial charge is 0.263 e. The minimum atomic E-state index is -2.20. The average Bonchev–Trinajstić information content (AvgIpc) is 2.18. The molecule has 0 aromatic carbocycles. The molecular weight excluding hydrogens is 229 g/mol. The molecule has 3 nitrogen and oxygen atoms in total. The molecule has 0 rings (SSSR count). The maximum Gasteiger partial charge on any atom is 0.263 e. The van der Waals surface area contributed by atoms with Crippen molar-refractivity contribution in [1.29, 1.82) is 0 Å². The summed E-state index contributed by atoms with van der Waals surface area (Å²) in [4.78, 5) is 0. The molecule has 0 heterocycles. The van der Waals surface area contributed by atoms with E-state index in [2.05, 4.69) is 18.5 Å². The molecule has 0 aromatic rings. The van der Waals surface area contributed by atoms with Gasteiger partial charge in [-0.15, -0.1) is 0 Å². The molecule has 0 radical (unpaired) electrons. The van der Waals surface area contributed by atoms with Crippen molar-refractivity contribution in [2.75, 3.05) is 26.3 Å². The molecule has 0 N–H and O–H groups in total. The van der Waals surface area contributed by atoms with Crippen LogP contribution in [0, 0.1) is 0 Å². The molecule has 0 aromatic heterocycles. The third-order valence-corrected chi connectivity index (χ3v) is 5.48. The Balaban J connectivity index is 4.56. The number of rotatable bonds is 9. The van der Waals surface area contributed by atoms with Gasteiger partial charge in [-0.2, -0.15) is 0 Å². The lowest BCUT2D eigenvalue weighted by atomic mass is 10.4. The van der Waals surface area contributed by atoms with E-state index in [4.69, 9.17) is 20.9 Å². The highest BCUT2D eigenvalue weighted by Gasteiger charge is 2.26. The molecule has 0 aliphatic carbocycles. The summed E-state index contributed by atoms with van der Waals surface area (Å²) in [5.41, 5.74) is 0. The Kier molecular flexibility index (Phi) is 8.96. The molecule has 0 unspecified atom stereocenters. The summed E-state index contributed by atoms with van der Waals surface area (Å²) in [5.74, 6) is 0. The monoisotopic (exact) mass is 253 g/mol. The van der Waals surface area contributed by atoms with E-state index in [1.54, 1.807) is 0 Å². The summed E-state index contributed by atoms with van der Waals surface area (Å²) < 4.78 is 13.5. The van der Waals surface area contributed by atoms with Crippen LogP contribution in [0.3, 0.4) is 0 Å². The fourth-order valence-corrected chi connectivity index (χ4v) is 4.47. The van der Waals surface area contributed by atoms with Crippen LogP contribution < -0.4 is 0 Å². The van der Waals surface area contributed by atoms with E-state index in [-0.39, 0.29) is 0 Å². The normalized spacial score (nSPS) is 12.3. The van der Waals surface area contributed by atoms with E-state index < -0.39 is 6.64 Å². The fourth-order valence-electron chi connectivity index (χ4n) is 1.40. The summed E-state index contributed by atoms with van der Waals surface area (Å²) in [6.45, 7) is 9.23. The Morgan fingerprint density at radius 1 is 0.933 bits per heavy atom. The minimum absolute atomic E-state index is 0.626. The molecule has 0 atom stereocenters. The van der Waals surface area contributed by atoms with E-state index >= 15 is 0 Å². The first-order valence-corrected chi connectivity index (χ1v) is 8.38. The molecule has 0 amide bonds. The molecular formula is C10H24NO2PS. The van der Waals surface area contributed by atoms with Crippen LogP contribution in [0.15, 0.2) is 0 Å². The largest absolute Gasteiger partial charge is 0.318 e. The molecule has 15 heavy (non-hydrogen) atoms. The van der Waals surface area contributed by atoms with Crippen LogP contribution in [0.1, 0.15) is 40.5 Å². The van der Waals surface area contributed by atoms with Gasteiger partial charge in [0.15, 0.2) is 0 Å². The highest BCUT2D eigenvalue weighted by Crippen LogP contribution is 2.52. The molecule has 92 valence electrons. The second-order valence-corrected chi connectivity index (χ2v) is 6.66. The maximum absolute atomic E-state index is 5.67. The number of hydrogen-bond donors (Lipinski definition) is 0. The fraction of sp³-hybridized carbons (Fsp3) is 1.00. The Morgan fingerprint density at radius 3 is 1.60 bits per heavy atom. The predicted molar refractivity (Wildman–Crippen MR) is 69.7 cm³/mol. The van der Waals surface area contributed by atoms with Gasteiger partial charge in [-0.1, -0.05) is 13.8 Å². The molecule has 0 aliphatic heterocycles. The summed E-state index contributed by atoms with van der Waals surface area (Å²) in [6.07, 6.45) is 2.16. The van der Waals surface area contributed by atoms with Gasteiger partial charge in [-0.25, -0.2) is 4.67 Å². The van der Waals surface area contributed by atoms with E-state index in [0.717, 1.165) is 25.9 Å². The van der Waals surface area contributed by atoms with E-state index in [1.807, 2.05) is 13.8 Å². The minimum Gasteiger partial charge on any atom is -0.318 e. The van der Waals surface area contributed by atoms with Crippen molar-refractivity contribution in [1.82, 2.24) is 4.67 Å². The third-order valence-electron chi connectivity index (χ3n) is 1.89. The van der Waals surface area contributed by atoms with Crippen LogP contribution >= 0.6 is 6.64 Å². The van der Waals surface area contributed by atoms with Gasteiger partial charge >= 0.3 is 0 Å². The van der Waals surface area contributed by atoms with Crippen molar-refractivity contribution in [2.24, 2.45) is 0 Å². The van der Waals surface area contributed by atoms with Gasteiger partial charge in [-0.3, -0.25) is 0 Å². The van der Waals surface area contributed by atoms with Crippen LogP contribution in [0.25, 0.3) is 0 Å². The van der Waals surface area contributed by atoms with Gasteiger partial charge in [0.05, 0.1) is 13.2 Å². The summed E-state index contributed by atoms with van der Waals surface area (Å²) >= 11 is 5.55. The Labute approximate surface area is 99.4 Å². The van der Waals surface area contributed by atoms with Gasteiger partial charge in [0.1, 0.15) is 0 Å². The van der Waals surface area contributed by atoms with Crippen molar-refractivity contribution in [2.45, 2.75) is 40.5 Å². The molecule has 0 spiro atoms. The number of hydrogen-bond acceptors (Lipinski definition) is 3. The van der Waals surface area contributed by atoms with Gasteiger partial charge < -0.3 is 9.05 Å². The summed E-state index contributed by atoms with van der Waals surface area (Å²) in [5, 5.41) is 0. The molecule has 0 fully saturated rings. The molecule has 0 saturated heterocycles. The molecule has 0 saturated carbocycles. The summed E-state index contributed by atoms with van der Waals surface area (Å²) in [6, 6.07) is 0. The van der Waals surface area contributed by atoms with Crippen LogP contribution in [0.4, 0.5) is 0 Å². The van der Waals surface area contributed by atoms with Crippen LogP contribution in [-0.2, 0) is 20.9 Å². The lowest BCUT2D eigenvalue weighted by Gasteiger charge is -2.32. The zero-order chi connectivity index (χ0) is 11.7. The molecule has 5 heteroatoms. The maximum atomic E-state index is 5.67. The lowest BCUT2D eigenvalue weighted by Crippen LogP contribution is -2.24. The Hall–Kier alpha value is 0.530. The standard InChI is InChI=1S/C10H24NO2PS/c1-5-9-11(10-6-2)14(15,12-7-3)13-8-4/h5-10H2,1-4H3. The zero-order valence-electron chi connectivity index (χ0n) is 10.4. The highest BCUT2D eigenvalue weighted by molar-refractivity contribution is 8.08. The highest BCUT2D eigenvalue weighted by atomic mass is 32.5. The van der Waals surface area contributed by atoms with E-state index in [0.29, 0.717) is 13.2 Å². The third kappa shape index (κ3) is 5.41. The van der Waals surface area contributed by atoms with E-state index in [1.165, 1.54) is 0 Å². The second-order valence-electron chi connectivity index (χ2n) is 3.26. The first-order chi connectivity index (χ1) is 7.14. The molecule has 0 bridgehead atoms. The van der Waals surface area contributed by atoms with Crippen molar-refractivity contribution in [3.63, 3.8) is 0 Å². The van der Waals surface area contributed by atoms with Crippen LogP contribution in [-0.4, -0.2) is 31.0 Å². The lowest BCUT2D eigenvalue weighted by molar-refractivity contribution is 0.214. The number of nitrogens with zero attached hydrogens (tertiary/aromatic N) is 1. The Bertz CT molecular complexity index is 186. The Morgan fingerprint density at radius 2 is 1.33 bits per heavy atom. The van der Waals surface area contributed by atoms with Gasteiger partial charge in [0.25, 0.3) is 6.64 Å². The average molecular weight is 253 g/mol. The van der Waals surface area contributed by atoms with Crippen molar-refractivity contribution < 1.29 is 9.05 Å². The second kappa shape index (κ2) is 8.66. The van der Waals surface area contributed by atoms with Gasteiger partial charge in [0, 0.05) is 13.1 Å². The summed E-state index contributed by atoms with van der Waals surface area (Å²) in [7, 11) is 0. The van der Waals surface area contributed by atoms with Crippen LogP contribution in [0.2, 0.25) is 0 Å². The van der Waals surface area contributed by atoms with Crippen molar-refractivity contribution >= 4 is 18.4 Å². The predicted octanol–water partition coefficient (Wildman–Crippen LogP) is 3.41. The van der Waals surface area contributed by atoms with Gasteiger partial charge in [-0.05, 0) is 38.5 Å². The first-order valence-electron chi connectivity index (χ1n) is 5.79.